The van der Waals surface area contributed by atoms with Gasteiger partial charge in [-0.3, -0.25) is 14.5 Å². The lowest BCUT2D eigenvalue weighted by Crippen LogP contribution is -2.44. The Balaban J connectivity index is 1.78. The SMILES string of the molecule is CC1CCN(C(N)=NC[C@@H]2CC(=O)N(C(C)(C)C)[C@H]2c2cnn(C)c2)CC1. The first-order valence-electron chi connectivity index (χ1n) is 10.0. The highest BCUT2D eigenvalue weighted by atomic mass is 16.2. The summed E-state index contributed by atoms with van der Waals surface area (Å²) in [5, 5.41) is 4.32. The highest BCUT2D eigenvalue weighted by Gasteiger charge is 2.45. The number of nitrogens with zero attached hydrogens (tertiary/aromatic N) is 5. The molecule has 150 valence electrons. The van der Waals surface area contributed by atoms with Gasteiger partial charge in [-0.05, 0) is 39.5 Å². The van der Waals surface area contributed by atoms with Crippen molar-refractivity contribution in [2.24, 2.45) is 29.6 Å². The van der Waals surface area contributed by atoms with E-state index in [-0.39, 0.29) is 23.4 Å². The van der Waals surface area contributed by atoms with Crippen LogP contribution in [0.2, 0.25) is 0 Å². The van der Waals surface area contributed by atoms with Crippen LogP contribution in [-0.2, 0) is 11.8 Å². The monoisotopic (exact) mass is 374 g/mol. The molecule has 0 radical (unpaired) electrons. The van der Waals surface area contributed by atoms with Crippen molar-refractivity contribution in [3.05, 3.63) is 18.0 Å². The number of amides is 1. The molecule has 2 atom stereocenters. The van der Waals surface area contributed by atoms with Gasteiger partial charge in [-0.2, -0.15) is 5.10 Å². The molecule has 2 aliphatic rings. The molecule has 0 aromatic carbocycles. The fourth-order valence-electron chi connectivity index (χ4n) is 4.32. The van der Waals surface area contributed by atoms with Crippen LogP contribution in [0.5, 0.6) is 0 Å². The van der Waals surface area contributed by atoms with Crippen molar-refractivity contribution < 1.29 is 4.79 Å². The third-order valence-corrected chi connectivity index (χ3v) is 5.81. The quantitative estimate of drug-likeness (QED) is 0.649. The Hall–Kier alpha value is -2.05. The van der Waals surface area contributed by atoms with Gasteiger partial charge in [0.05, 0.1) is 12.2 Å². The highest BCUT2D eigenvalue weighted by molar-refractivity contribution is 5.81. The van der Waals surface area contributed by atoms with E-state index in [4.69, 9.17) is 10.7 Å². The van der Waals surface area contributed by atoms with E-state index in [0.29, 0.717) is 18.9 Å². The van der Waals surface area contributed by atoms with Crippen molar-refractivity contribution in [1.29, 1.82) is 0 Å². The van der Waals surface area contributed by atoms with E-state index in [1.165, 1.54) is 0 Å². The van der Waals surface area contributed by atoms with Gasteiger partial charge in [0, 0.05) is 56.3 Å². The second kappa shape index (κ2) is 7.52. The van der Waals surface area contributed by atoms with Gasteiger partial charge in [-0.15, -0.1) is 0 Å². The molecule has 2 saturated heterocycles. The van der Waals surface area contributed by atoms with Crippen LogP contribution in [0, 0.1) is 11.8 Å². The van der Waals surface area contributed by atoms with E-state index < -0.39 is 0 Å². The summed E-state index contributed by atoms with van der Waals surface area (Å²) in [5.41, 5.74) is 7.10. The number of aliphatic imine (C=N–C) groups is 1. The number of rotatable bonds is 3. The lowest BCUT2D eigenvalue weighted by atomic mass is 9.93. The van der Waals surface area contributed by atoms with Crippen molar-refractivity contribution >= 4 is 11.9 Å². The van der Waals surface area contributed by atoms with Gasteiger partial charge in [0.25, 0.3) is 0 Å². The van der Waals surface area contributed by atoms with Gasteiger partial charge in [-0.25, -0.2) is 0 Å². The van der Waals surface area contributed by atoms with Crippen molar-refractivity contribution in [3.8, 4) is 0 Å². The Morgan fingerprint density at radius 1 is 1.33 bits per heavy atom. The van der Waals surface area contributed by atoms with Crippen molar-refractivity contribution in [2.45, 2.75) is 58.5 Å². The predicted molar refractivity (Wildman–Crippen MR) is 107 cm³/mol. The molecule has 7 heteroatoms. The maximum Gasteiger partial charge on any atom is 0.223 e. The van der Waals surface area contributed by atoms with Crippen LogP contribution < -0.4 is 5.73 Å². The fourth-order valence-corrected chi connectivity index (χ4v) is 4.32. The van der Waals surface area contributed by atoms with Crippen LogP contribution in [0.1, 0.15) is 58.6 Å². The van der Waals surface area contributed by atoms with E-state index in [0.717, 1.165) is 37.4 Å². The molecule has 2 fully saturated rings. The summed E-state index contributed by atoms with van der Waals surface area (Å²) >= 11 is 0. The summed E-state index contributed by atoms with van der Waals surface area (Å²) < 4.78 is 1.79. The second-order valence-electron chi connectivity index (χ2n) is 9.16. The van der Waals surface area contributed by atoms with E-state index in [9.17, 15) is 4.79 Å². The maximum absolute atomic E-state index is 12.8. The molecule has 1 aromatic rings. The van der Waals surface area contributed by atoms with Crippen molar-refractivity contribution in [1.82, 2.24) is 19.6 Å². The zero-order valence-electron chi connectivity index (χ0n) is 17.4. The first-order chi connectivity index (χ1) is 12.7. The lowest BCUT2D eigenvalue weighted by molar-refractivity contribution is -0.133. The van der Waals surface area contributed by atoms with Gasteiger partial charge < -0.3 is 15.5 Å². The van der Waals surface area contributed by atoms with Gasteiger partial charge in [0.2, 0.25) is 5.91 Å². The maximum atomic E-state index is 12.8. The zero-order chi connectivity index (χ0) is 19.8. The number of nitrogens with two attached hydrogens (primary N) is 1. The normalized spacial score (nSPS) is 25.5. The van der Waals surface area contributed by atoms with E-state index in [1.807, 2.05) is 24.3 Å². The number of aromatic nitrogens is 2. The molecule has 0 unspecified atom stereocenters. The lowest BCUT2D eigenvalue weighted by Gasteiger charge is -2.38. The first kappa shape index (κ1) is 19.7. The number of hydrogen-bond acceptors (Lipinski definition) is 3. The van der Waals surface area contributed by atoms with Gasteiger partial charge >= 0.3 is 0 Å². The third kappa shape index (κ3) is 4.28. The summed E-state index contributed by atoms with van der Waals surface area (Å²) in [6.45, 7) is 11.1. The second-order valence-corrected chi connectivity index (χ2v) is 9.16. The van der Waals surface area contributed by atoms with E-state index >= 15 is 0 Å². The molecule has 3 heterocycles. The molecule has 7 nitrogen and oxygen atoms in total. The van der Waals surface area contributed by atoms with Crippen LogP contribution >= 0.6 is 0 Å². The summed E-state index contributed by atoms with van der Waals surface area (Å²) in [4.78, 5) is 21.7. The van der Waals surface area contributed by atoms with Crippen LogP contribution in [0.25, 0.3) is 0 Å². The van der Waals surface area contributed by atoms with Crippen LogP contribution in [0.15, 0.2) is 17.4 Å². The molecule has 27 heavy (non-hydrogen) atoms. The molecule has 0 aliphatic carbocycles. The van der Waals surface area contributed by atoms with Crippen molar-refractivity contribution in [3.63, 3.8) is 0 Å². The Morgan fingerprint density at radius 2 is 2.00 bits per heavy atom. The summed E-state index contributed by atoms with van der Waals surface area (Å²) in [6.07, 6.45) is 6.70. The number of guanidine groups is 1. The molecule has 1 aromatic heterocycles. The Labute approximate surface area is 162 Å². The molecule has 0 spiro atoms. The molecular formula is C20H34N6O. The van der Waals surface area contributed by atoms with E-state index in [1.54, 1.807) is 4.68 Å². The Bertz CT molecular complexity index is 696. The van der Waals surface area contributed by atoms with Crippen LogP contribution in [0.4, 0.5) is 0 Å². The minimum atomic E-state index is -0.245. The third-order valence-electron chi connectivity index (χ3n) is 5.81. The summed E-state index contributed by atoms with van der Waals surface area (Å²) in [7, 11) is 1.91. The average Bonchev–Trinajstić information content (AvgIpc) is 3.15. The molecule has 0 saturated carbocycles. The Kier molecular flexibility index (Phi) is 5.49. The average molecular weight is 375 g/mol. The highest BCUT2D eigenvalue weighted by Crippen LogP contribution is 2.42. The molecule has 3 rings (SSSR count). The van der Waals surface area contributed by atoms with Gasteiger partial charge in [0.1, 0.15) is 0 Å². The fraction of sp³-hybridized carbons (Fsp3) is 0.750. The molecule has 1 amide bonds. The first-order valence-corrected chi connectivity index (χ1v) is 10.0. The Morgan fingerprint density at radius 3 is 2.56 bits per heavy atom. The van der Waals surface area contributed by atoms with Crippen LogP contribution in [0.3, 0.4) is 0 Å². The predicted octanol–water partition coefficient (Wildman–Crippen LogP) is 2.15. The summed E-state index contributed by atoms with van der Waals surface area (Å²) in [6, 6.07) is -0.0101. The number of carbonyl (C=O) groups is 1. The number of likely N-dealkylation sites (tertiary alicyclic amines) is 2. The minimum Gasteiger partial charge on any atom is -0.370 e. The number of carbonyl (C=O) groups excluding carboxylic acids is 1. The molecule has 2 aliphatic heterocycles. The topological polar surface area (TPSA) is 79.8 Å². The standard InChI is InChI=1S/C20H34N6O/c1-14-6-8-25(9-7-14)19(21)22-11-15-10-17(27)26(20(2,3)4)18(15)16-12-23-24(5)13-16/h12-15,18H,6-11H2,1-5H3,(H2,21,22)/t15-,18+/m0/s1. The molecule has 0 bridgehead atoms. The summed E-state index contributed by atoms with van der Waals surface area (Å²) in [5.74, 6) is 1.68. The number of hydrogen-bond donors (Lipinski definition) is 1. The molecular weight excluding hydrogens is 340 g/mol. The van der Waals surface area contributed by atoms with Gasteiger partial charge in [0.15, 0.2) is 5.96 Å². The van der Waals surface area contributed by atoms with E-state index in [2.05, 4.69) is 37.7 Å². The minimum absolute atomic E-state index is 0.0101. The number of aryl methyl sites for hydroxylation is 1. The molecule has 2 N–H and O–H groups in total. The van der Waals surface area contributed by atoms with Crippen LogP contribution in [-0.4, -0.2) is 56.6 Å². The van der Waals surface area contributed by atoms with Crippen molar-refractivity contribution in [2.75, 3.05) is 19.6 Å². The zero-order valence-corrected chi connectivity index (χ0v) is 17.4. The smallest absolute Gasteiger partial charge is 0.223 e. The number of piperidine rings is 1. The largest absolute Gasteiger partial charge is 0.370 e. The van der Waals surface area contributed by atoms with Gasteiger partial charge in [-0.1, -0.05) is 6.92 Å².